The average molecular weight is 174 g/mol. The van der Waals surface area contributed by atoms with Gasteiger partial charge in [-0.05, 0) is 26.7 Å². The van der Waals surface area contributed by atoms with E-state index in [1.54, 1.807) is 13.0 Å². The standard InChI is InChI=1S/C9H17NO2/c1-4-5-6-8(2)12-9(11)7-10-3/h4,8,10H,1,5-7H2,2-3H3/i3D3. The highest BCUT2D eigenvalue weighted by atomic mass is 16.5. The molecule has 0 aromatic heterocycles. The van der Waals surface area contributed by atoms with E-state index in [4.69, 9.17) is 8.85 Å². The molecule has 0 rings (SSSR count). The quantitative estimate of drug-likeness (QED) is 0.484. The molecule has 0 aromatic carbocycles. The number of rotatable bonds is 6. The molecule has 0 aliphatic heterocycles. The molecule has 0 aliphatic rings. The maximum atomic E-state index is 11.1. The monoisotopic (exact) mass is 174 g/mol. The number of ether oxygens (including phenoxy) is 1. The lowest BCUT2D eigenvalue weighted by atomic mass is 10.2. The molecule has 0 saturated heterocycles. The van der Waals surface area contributed by atoms with Crippen molar-refractivity contribution >= 4 is 5.97 Å². The van der Waals surface area contributed by atoms with Crippen LogP contribution in [-0.4, -0.2) is 25.6 Å². The number of carbonyl (C=O) groups excluding carboxylic acids is 1. The lowest BCUT2D eigenvalue weighted by molar-refractivity contribution is -0.147. The van der Waals surface area contributed by atoms with Crippen LogP contribution in [0.3, 0.4) is 0 Å². The van der Waals surface area contributed by atoms with Gasteiger partial charge in [0.25, 0.3) is 0 Å². The van der Waals surface area contributed by atoms with Gasteiger partial charge in [0, 0.05) is 4.11 Å². The van der Waals surface area contributed by atoms with Gasteiger partial charge in [-0.25, -0.2) is 0 Å². The van der Waals surface area contributed by atoms with Crippen molar-refractivity contribution in [2.24, 2.45) is 0 Å². The van der Waals surface area contributed by atoms with Crippen LogP contribution in [0.4, 0.5) is 0 Å². The Hall–Kier alpha value is -0.830. The zero-order valence-corrected chi connectivity index (χ0v) is 7.30. The molecular weight excluding hydrogens is 154 g/mol. The molecule has 3 nitrogen and oxygen atoms in total. The van der Waals surface area contributed by atoms with Crippen molar-refractivity contribution in [1.82, 2.24) is 5.32 Å². The molecule has 0 bridgehead atoms. The van der Waals surface area contributed by atoms with Crippen LogP contribution in [0.15, 0.2) is 12.7 Å². The smallest absolute Gasteiger partial charge is 0.320 e. The van der Waals surface area contributed by atoms with Gasteiger partial charge in [0.15, 0.2) is 0 Å². The normalized spacial score (nSPS) is 16.9. The van der Waals surface area contributed by atoms with E-state index < -0.39 is 12.9 Å². The summed E-state index contributed by atoms with van der Waals surface area (Å²) < 4.78 is 25.4. The van der Waals surface area contributed by atoms with Gasteiger partial charge in [-0.3, -0.25) is 4.79 Å². The van der Waals surface area contributed by atoms with Gasteiger partial charge >= 0.3 is 5.97 Å². The summed E-state index contributed by atoms with van der Waals surface area (Å²) in [4.78, 5) is 11.1. The predicted octanol–water partition coefficient (Wildman–Crippen LogP) is 1.10. The molecule has 1 N–H and O–H groups in total. The summed E-state index contributed by atoms with van der Waals surface area (Å²) in [6.07, 6.45) is 2.99. The second kappa shape index (κ2) is 6.85. The first-order valence-corrected chi connectivity index (χ1v) is 3.90. The molecule has 0 amide bonds. The zero-order chi connectivity index (χ0) is 11.9. The molecule has 0 saturated carbocycles. The highest BCUT2D eigenvalue weighted by Gasteiger charge is 2.06. The zero-order valence-electron chi connectivity index (χ0n) is 10.3. The lowest BCUT2D eigenvalue weighted by Crippen LogP contribution is -2.24. The van der Waals surface area contributed by atoms with Crippen LogP contribution in [-0.2, 0) is 9.53 Å². The predicted molar refractivity (Wildman–Crippen MR) is 48.9 cm³/mol. The Kier molecular flexibility index (Phi) is 3.80. The highest BCUT2D eigenvalue weighted by Crippen LogP contribution is 2.01. The number of allylic oxidation sites excluding steroid dienone is 1. The number of esters is 1. The molecule has 12 heavy (non-hydrogen) atoms. The SMILES string of the molecule is [2H]C([2H])([2H])NCC(=O)OC(C)CCC=C. The average Bonchev–Trinajstić information content (AvgIpc) is 2.10. The van der Waals surface area contributed by atoms with Crippen molar-refractivity contribution in [1.29, 1.82) is 0 Å². The number of nitrogens with one attached hydrogen (secondary N) is 1. The minimum absolute atomic E-state index is 0.214. The van der Waals surface area contributed by atoms with E-state index in [0.29, 0.717) is 6.42 Å². The first kappa shape index (κ1) is 6.66. The third-order valence-electron chi connectivity index (χ3n) is 1.34. The van der Waals surface area contributed by atoms with E-state index in [-0.39, 0.29) is 12.6 Å². The third kappa shape index (κ3) is 5.92. The molecule has 70 valence electrons. The molecule has 1 unspecified atom stereocenters. The number of likely N-dealkylation sites (N-methyl/N-ethyl adjacent to an activating group) is 1. The van der Waals surface area contributed by atoms with Gasteiger partial charge in [0.2, 0.25) is 0 Å². The molecule has 1 atom stereocenters. The third-order valence-corrected chi connectivity index (χ3v) is 1.34. The van der Waals surface area contributed by atoms with Crippen molar-refractivity contribution in [3.8, 4) is 0 Å². The summed E-state index contributed by atoms with van der Waals surface area (Å²) in [5.41, 5.74) is 0. The molecule has 0 fully saturated rings. The van der Waals surface area contributed by atoms with Gasteiger partial charge in [-0.1, -0.05) is 6.08 Å². The Bertz CT molecular complexity index is 216. The number of hydrogen-bond donors (Lipinski definition) is 1. The van der Waals surface area contributed by atoms with Gasteiger partial charge in [-0.15, -0.1) is 6.58 Å². The first-order chi connectivity index (χ1) is 6.85. The van der Waals surface area contributed by atoms with Crippen molar-refractivity contribution in [3.63, 3.8) is 0 Å². The summed E-state index contributed by atoms with van der Waals surface area (Å²) in [6.45, 7) is 2.71. The molecule has 3 heteroatoms. The maximum Gasteiger partial charge on any atom is 0.320 e. The summed E-state index contributed by atoms with van der Waals surface area (Å²) in [5.74, 6) is -0.553. The minimum Gasteiger partial charge on any atom is -0.462 e. The second-order valence-electron chi connectivity index (χ2n) is 2.52. The van der Waals surface area contributed by atoms with Gasteiger partial charge in [0.1, 0.15) is 0 Å². The molecular formula is C9H17NO2. The van der Waals surface area contributed by atoms with Crippen LogP contribution < -0.4 is 5.32 Å². The Morgan fingerprint density at radius 2 is 2.67 bits per heavy atom. The fourth-order valence-corrected chi connectivity index (χ4v) is 0.750. The van der Waals surface area contributed by atoms with E-state index in [9.17, 15) is 4.79 Å². The topological polar surface area (TPSA) is 38.3 Å². The van der Waals surface area contributed by atoms with E-state index >= 15 is 0 Å². The van der Waals surface area contributed by atoms with Crippen LogP contribution in [0, 0.1) is 0 Å². The van der Waals surface area contributed by atoms with Crippen molar-refractivity contribution < 1.29 is 13.6 Å². The number of hydrogen-bond acceptors (Lipinski definition) is 3. The Balaban J connectivity index is 3.69. The fraction of sp³-hybridized carbons (Fsp3) is 0.667. The first-order valence-electron chi connectivity index (χ1n) is 5.40. The van der Waals surface area contributed by atoms with E-state index in [1.807, 2.05) is 0 Å². The Labute approximate surface area is 78.0 Å². The maximum absolute atomic E-state index is 11.1. The van der Waals surface area contributed by atoms with Crippen LogP contribution in [0.5, 0.6) is 0 Å². The summed E-state index contributed by atoms with van der Waals surface area (Å²) >= 11 is 0. The Morgan fingerprint density at radius 1 is 1.92 bits per heavy atom. The van der Waals surface area contributed by atoms with Gasteiger partial charge in [0.05, 0.1) is 12.6 Å². The summed E-state index contributed by atoms with van der Waals surface area (Å²) in [6, 6.07) is 0. The molecule has 0 heterocycles. The molecule has 0 aromatic rings. The second-order valence-corrected chi connectivity index (χ2v) is 2.52. The molecule has 0 radical (unpaired) electrons. The van der Waals surface area contributed by atoms with Crippen molar-refractivity contribution in [2.75, 3.05) is 13.5 Å². The van der Waals surface area contributed by atoms with Crippen LogP contribution in [0.25, 0.3) is 0 Å². The van der Waals surface area contributed by atoms with E-state index in [1.165, 1.54) is 0 Å². The van der Waals surface area contributed by atoms with Crippen LogP contribution in [0.2, 0.25) is 0 Å². The lowest BCUT2D eigenvalue weighted by Gasteiger charge is -2.11. The molecule has 0 aliphatic carbocycles. The largest absolute Gasteiger partial charge is 0.462 e. The van der Waals surface area contributed by atoms with Crippen molar-refractivity contribution in [3.05, 3.63) is 12.7 Å². The summed E-state index contributed by atoms with van der Waals surface area (Å²) in [5, 5.41) is 2.09. The minimum atomic E-state index is -2.30. The van der Waals surface area contributed by atoms with Gasteiger partial charge in [-0.2, -0.15) is 0 Å². The molecule has 0 spiro atoms. The summed E-state index contributed by atoms with van der Waals surface area (Å²) in [7, 11) is 0. The van der Waals surface area contributed by atoms with E-state index in [2.05, 4.69) is 11.9 Å². The highest BCUT2D eigenvalue weighted by molar-refractivity contribution is 5.71. The van der Waals surface area contributed by atoms with Crippen molar-refractivity contribution in [2.45, 2.75) is 25.9 Å². The van der Waals surface area contributed by atoms with E-state index in [0.717, 1.165) is 6.42 Å². The Morgan fingerprint density at radius 3 is 3.25 bits per heavy atom. The van der Waals surface area contributed by atoms with Crippen LogP contribution >= 0.6 is 0 Å². The van der Waals surface area contributed by atoms with Crippen LogP contribution in [0.1, 0.15) is 23.9 Å². The van der Waals surface area contributed by atoms with Gasteiger partial charge < -0.3 is 10.1 Å². The number of carbonyl (C=O) groups is 1. The fourth-order valence-electron chi connectivity index (χ4n) is 0.750.